The Morgan fingerprint density at radius 2 is 2.00 bits per heavy atom. The Morgan fingerprint density at radius 3 is 2.68 bits per heavy atom. The summed E-state index contributed by atoms with van der Waals surface area (Å²) >= 11 is 0. The predicted octanol–water partition coefficient (Wildman–Crippen LogP) is -0.291. The molecule has 6 atom stereocenters. The zero-order valence-electron chi connectivity index (χ0n) is 12.1. The molecule has 22 heavy (non-hydrogen) atoms. The summed E-state index contributed by atoms with van der Waals surface area (Å²) in [7, 11) is 0. The quantitative estimate of drug-likeness (QED) is 0.607. The molecule has 1 saturated heterocycles. The standard InChI is InChI=1S/C15H20O7/c1-7-5-8(17)12-9(20-7)3-2-4-10(12)21-15-14(19)13(18)11(6-16)22-15/h2-4,7-8,11,13-19H,5-6H2,1H3. The van der Waals surface area contributed by atoms with E-state index >= 15 is 0 Å². The summed E-state index contributed by atoms with van der Waals surface area (Å²) in [5, 5.41) is 39.0. The fourth-order valence-corrected chi connectivity index (χ4v) is 2.84. The molecule has 0 spiro atoms. The summed E-state index contributed by atoms with van der Waals surface area (Å²) < 4.78 is 16.6. The van der Waals surface area contributed by atoms with Gasteiger partial charge in [0, 0.05) is 6.42 Å². The molecule has 0 aromatic heterocycles. The van der Waals surface area contributed by atoms with E-state index in [1.165, 1.54) is 0 Å². The van der Waals surface area contributed by atoms with Crippen molar-refractivity contribution >= 4 is 0 Å². The van der Waals surface area contributed by atoms with Crippen molar-refractivity contribution in [3.8, 4) is 11.5 Å². The Morgan fingerprint density at radius 1 is 1.23 bits per heavy atom. The van der Waals surface area contributed by atoms with Crippen LogP contribution in [0.25, 0.3) is 0 Å². The number of aliphatic hydroxyl groups excluding tert-OH is 4. The molecule has 7 nitrogen and oxygen atoms in total. The molecule has 1 aromatic carbocycles. The molecule has 0 saturated carbocycles. The Kier molecular flexibility index (Phi) is 4.24. The van der Waals surface area contributed by atoms with E-state index in [9.17, 15) is 15.3 Å². The number of fused-ring (bicyclic) bond motifs is 1. The van der Waals surface area contributed by atoms with Gasteiger partial charge < -0.3 is 34.6 Å². The van der Waals surface area contributed by atoms with Crippen LogP contribution in [-0.4, -0.2) is 57.7 Å². The highest BCUT2D eigenvalue weighted by Crippen LogP contribution is 2.41. The van der Waals surface area contributed by atoms with Gasteiger partial charge in [-0.1, -0.05) is 6.07 Å². The first-order valence-corrected chi connectivity index (χ1v) is 7.28. The zero-order chi connectivity index (χ0) is 15.9. The van der Waals surface area contributed by atoms with E-state index in [2.05, 4.69) is 0 Å². The zero-order valence-corrected chi connectivity index (χ0v) is 12.1. The van der Waals surface area contributed by atoms with Gasteiger partial charge in [-0.2, -0.15) is 0 Å². The van der Waals surface area contributed by atoms with Gasteiger partial charge in [0.1, 0.15) is 29.8 Å². The lowest BCUT2D eigenvalue weighted by atomic mass is 9.99. The van der Waals surface area contributed by atoms with Crippen LogP contribution in [0.5, 0.6) is 11.5 Å². The number of hydrogen-bond donors (Lipinski definition) is 4. The van der Waals surface area contributed by atoms with Crippen LogP contribution in [0.15, 0.2) is 18.2 Å². The average Bonchev–Trinajstić information content (AvgIpc) is 2.74. The predicted molar refractivity (Wildman–Crippen MR) is 74.5 cm³/mol. The molecular weight excluding hydrogens is 292 g/mol. The van der Waals surface area contributed by atoms with Crippen molar-refractivity contribution in [2.45, 2.75) is 50.2 Å². The Labute approximate surface area is 127 Å². The molecule has 1 fully saturated rings. The highest BCUT2D eigenvalue weighted by atomic mass is 16.7. The maximum absolute atomic E-state index is 10.2. The third-order valence-corrected chi connectivity index (χ3v) is 3.98. The summed E-state index contributed by atoms with van der Waals surface area (Å²) in [5.41, 5.74) is 0.498. The maximum atomic E-state index is 10.2. The van der Waals surface area contributed by atoms with Gasteiger partial charge in [-0.05, 0) is 19.1 Å². The first-order valence-electron chi connectivity index (χ1n) is 7.28. The van der Waals surface area contributed by atoms with Crippen LogP contribution in [0, 0.1) is 0 Å². The van der Waals surface area contributed by atoms with Crippen molar-refractivity contribution in [3.63, 3.8) is 0 Å². The van der Waals surface area contributed by atoms with Crippen molar-refractivity contribution in [1.82, 2.24) is 0 Å². The van der Waals surface area contributed by atoms with Crippen LogP contribution in [0.1, 0.15) is 25.0 Å². The van der Waals surface area contributed by atoms with Gasteiger partial charge in [0.15, 0.2) is 0 Å². The van der Waals surface area contributed by atoms with E-state index < -0.39 is 37.3 Å². The maximum Gasteiger partial charge on any atom is 0.229 e. The molecule has 0 radical (unpaired) electrons. The third kappa shape index (κ3) is 2.66. The van der Waals surface area contributed by atoms with Crippen LogP contribution in [0.3, 0.4) is 0 Å². The first kappa shape index (κ1) is 15.5. The molecular formula is C15H20O7. The van der Waals surface area contributed by atoms with Crippen LogP contribution < -0.4 is 9.47 Å². The van der Waals surface area contributed by atoms with E-state index in [1.807, 2.05) is 6.92 Å². The highest BCUT2D eigenvalue weighted by molar-refractivity contribution is 5.47. The molecule has 2 aliphatic rings. The first-order chi connectivity index (χ1) is 10.5. The summed E-state index contributed by atoms with van der Waals surface area (Å²) in [6.07, 6.45) is -4.95. The Balaban J connectivity index is 1.84. The van der Waals surface area contributed by atoms with Gasteiger partial charge in [0.2, 0.25) is 6.29 Å². The molecule has 2 heterocycles. The number of aliphatic hydroxyl groups is 4. The van der Waals surface area contributed by atoms with Crippen LogP contribution >= 0.6 is 0 Å². The summed E-state index contributed by atoms with van der Waals surface area (Å²) in [6, 6.07) is 5.08. The summed E-state index contributed by atoms with van der Waals surface area (Å²) in [6.45, 7) is 1.44. The van der Waals surface area contributed by atoms with Gasteiger partial charge in [-0.25, -0.2) is 0 Å². The van der Waals surface area contributed by atoms with Gasteiger partial charge in [0.25, 0.3) is 0 Å². The summed E-state index contributed by atoms with van der Waals surface area (Å²) in [4.78, 5) is 0. The van der Waals surface area contributed by atoms with Crippen LogP contribution in [0.4, 0.5) is 0 Å². The topological polar surface area (TPSA) is 109 Å². The normalized spacial score (nSPS) is 37.5. The van der Waals surface area contributed by atoms with E-state index in [0.29, 0.717) is 23.5 Å². The monoisotopic (exact) mass is 312 g/mol. The van der Waals surface area contributed by atoms with E-state index in [1.54, 1.807) is 18.2 Å². The number of benzene rings is 1. The minimum Gasteiger partial charge on any atom is -0.490 e. The molecule has 2 aliphatic heterocycles. The second kappa shape index (κ2) is 6.02. The number of ether oxygens (including phenoxy) is 3. The lowest BCUT2D eigenvalue weighted by Gasteiger charge is -2.29. The fourth-order valence-electron chi connectivity index (χ4n) is 2.84. The van der Waals surface area contributed by atoms with Crippen molar-refractivity contribution in [2.24, 2.45) is 0 Å². The number of hydrogen-bond acceptors (Lipinski definition) is 7. The molecule has 0 bridgehead atoms. The molecule has 1 aromatic rings. The largest absolute Gasteiger partial charge is 0.490 e. The van der Waals surface area contributed by atoms with Gasteiger partial charge in [-0.15, -0.1) is 0 Å². The van der Waals surface area contributed by atoms with Crippen molar-refractivity contribution in [3.05, 3.63) is 23.8 Å². The fraction of sp³-hybridized carbons (Fsp3) is 0.600. The Hall–Kier alpha value is -1.38. The molecule has 0 amide bonds. The highest BCUT2D eigenvalue weighted by Gasteiger charge is 2.44. The second-order valence-corrected chi connectivity index (χ2v) is 5.67. The van der Waals surface area contributed by atoms with Gasteiger partial charge in [-0.3, -0.25) is 0 Å². The molecule has 4 N–H and O–H groups in total. The van der Waals surface area contributed by atoms with E-state index in [4.69, 9.17) is 19.3 Å². The summed E-state index contributed by atoms with van der Waals surface area (Å²) in [5.74, 6) is 0.849. The molecule has 3 rings (SSSR count). The smallest absolute Gasteiger partial charge is 0.229 e. The lowest BCUT2D eigenvalue weighted by molar-refractivity contribution is -0.117. The second-order valence-electron chi connectivity index (χ2n) is 5.67. The lowest BCUT2D eigenvalue weighted by Crippen LogP contribution is -2.36. The van der Waals surface area contributed by atoms with E-state index in [-0.39, 0.29) is 6.10 Å². The van der Waals surface area contributed by atoms with Crippen LogP contribution in [0.2, 0.25) is 0 Å². The van der Waals surface area contributed by atoms with Crippen molar-refractivity contribution < 1.29 is 34.6 Å². The van der Waals surface area contributed by atoms with Crippen molar-refractivity contribution in [2.75, 3.05) is 6.61 Å². The molecule has 0 aliphatic carbocycles. The average molecular weight is 312 g/mol. The van der Waals surface area contributed by atoms with Crippen LogP contribution in [-0.2, 0) is 4.74 Å². The minimum atomic E-state index is -1.28. The molecule has 7 heteroatoms. The van der Waals surface area contributed by atoms with Gasteiger partial charge in [0.05, 0.1) is 24.4 Å². The minimum absolute atomic E-state index is 0.105. The van der Waals surface area contributed by atoms with Crippen molar-refractivity contribution in [1.29, 1.82) is 0 Å². The van der Waals surface area contributed by atoms with E-state index in [0.717, 1.165) is 0 Å². The Bertz CT molecular complexity index is 535. The molecule has 122 valence electrons. The SMILES string of the molecule is CC1CC(O)c2c(cccc2OC2OC(CO)C(O)C2O)O1. The number of rotatable bonds is 3. The van der Waals surface area contributed by atoms with Gasteiger partial charge >= 0.3 is 0 Å². The molecule has 6 unspecified atom stereocenters. The third-order valence-electron chi connectivity index (χ3n) is 3.98.